The number of carbonyl (C=O) groups excluding carboxylic acids is 2. The average molecular weight is 350 g/mol. The maximum absolute atomic E-state index is 13.0. The lowest BCUT2D eigenvalue weighted by molar-refractivity contribution is -0.143. The molecule has 7 heteroatoms. The highest BCUT2D eigenvalue weighted by molar-refractivity contribution is 5.94. The summed E-state index contributed by atoms with van der Waals surface area (Å²) in [6.45, 7) is 2.53. The van der Waals surface area contributed by atoms with Gasteiger partial charge in [-0.05, 0) is 37.1 Å². The molecule has 1 saturated heterocycles. The van der Waals surface area contributed by atoms with Crippen LogP contribution in [0, 0.1) is 17.7 Å². The number of likely N-dealkylation sites (tertiary alicyclic amines) is 1. The van der Waals surface area contributed by atoms with Gasteiger partial charge in [0.05, 0.1) is 11.8 Å². The lowest BCUT2D eigenvalue weighted by atomic mass is 9.95. The van der Waals surface area contributed by atoms with Gasteiger partial charge < -0.3 is 14.9 Å². The Kier molecular flexibility index (Phi) is 6.12. The highest BCUT2D eigenvalue weighted by Gasteiger charge is 2.31. The van der Waals surface area contributed by atoms with Crippen LogP contribution in [0.25, 0.3) is 0 Å². The molecule has 2 rings (SSSR count). The Balaban J connectivity index is 1.99. The van der Waals surface area contributed by atoms with Crippen LogP contribution in [0.1, 0.15) is 30.1 Å². The number of benzene rings is 1. The second-order valence-electron chi connectivity index (χ2n) is 6.56. The molecule has 0 bridgehead atoms. The van der Waals surface area contributed by atoms with Gasteiger partial charge in [0.2, 0.25) is 5.91 Å². The van der Waals surface area contributed by atoms with Gasteiger partial charge in [-0.2, -0.15) is 0 Å². The topological polar surface area (TPSA) is 77.9 Å². The van der Waals surface area contributed by atoms with Gasteiger partial charge in [0.15, 0.2) is 0 Å². The molecule has 136 valence electrons. The average Bonchev–Trinajstić information content (AvgIpc) is 2.61. The zero-order valence-electron chi connectivity index (χ0n) is 14.4. The van der Waals surface area contributed by atoms with E-state index in [-0.39, 0.29) is 24.3 Å². The van der Waals surface area contributed by atoms with Crippen LogP contribution in [0.4, 0.5) is 4.39 Å². The van der Waals surface area contributed by atoms with E-state index in [1.54, 1.807) is 18.9 Å². The number of rotatable bonds is 5. The third-order valence-electron chi connectivity index (χ3n) is 4.49. The summed E-state index contributed by atoms with van der Waals surface area (Å²) in [6, 6.07) is 5.34. The molecule has 0 aromatic heterocycles. The first-order valence-corrected chi connectivity index (χ1v) is 8.32. The van der Waals surface area contributed by atoms with E-state index in [0.717, 1.165) is 0 Å². The predicted octanol–water partition coefficient (Wildman–Crippen LogP) is 1.86. The summed E-state index contributed by atoms with van der Waals surface area (Å²) in [4.78, 5) is 39.0. The first-order chi connectivity index (χ1) is 11.8. The number of amides is 2. The minimum atomic E-state index is -0.948. The molecule has 1 aliphatic heterocycles. The van der Waals surface area contributed by atoms with E-state index in [2.05, 4.69) is 0 Å². The van der Waals surface area contributed by atoms with Crippen LogP contribution in [-0.4, -0.2) is 59.4 Å². The predicted molar refractivity (Wildman–Crippen MR) is 89.5 cm³/mol. The molecule has 1 aliphatic rings. The van der Waals surface area contributed by atoms with E-state index in [4.69, 9.17) is 5.11 Å². The monoisotopic (exact) mass is 350 g/mol. The fourth-order valence-corrected chi connectivity index (χ4v) is 3.03. The van der Waals surface area contributed by atoms with E-state index in [1.807, 2.05) is 0 Å². The molecule has 2 unspecified atom stereocenters. The molecule has 1 N–H and O–H groups in total. The molecule has 1 heterocycles. The number of piperidine rings is 1. The Bertz CT molecular complexity index is 647. The van der Waals surface area contributed by atoms with E-state index in [9.17, 15) is 18.8 Å². The molecule has 25 heavy (non-hydrogen) atoms. The highest BCUT2D eigenvalue weighted by atomic mass is 19.1. The summed E-state index contributed by atoms with van der Waals surface area (Å²) < 4.78 is 13.0. The zero-order chi connectivity index (χ0) is 18.6. The van der Waals surface area contributed by atoms with E-state index in [1.165, 1.54) is 29.2 Å². The number of carboxylic acids is 1. The number of hydrogen-bond acceptors (Lipinski definition) is 3. The van der Waals surface area contributed by atoms with E-state index >= 15 is 0 Å². The molecule has 0 spiro atoms. The molecular weight excluding hydrogens is 327 g/mol. The van der Waals surface area contributed by atoms with Gasteiger partial charge in [0.25, 0.3) is 5.91 Å². The number of halogens is 1. The first-order valence-electron chi connectivity index (χ1n) is 8.32. The summed E-state index contributed by atoms with van der Waals surface area (Å²) in [5.41, 5.74) is 0.391. The van der Waals surface area contributed by atoms with E-state index in [0.29, 0.717) is 31.5 Å². The maximum atomic E-state index is 13.0. The van der Waals surface area contributed by atoms with Gasteiger partial charge in [-0.3, -0.25) is 14.4 Å². The highest BCUT2D eigenvalue weighted by Crippen LogP contribution is 2.21. The third-order valence-corrected chi connectivity index (χ3v) is 4.49. The van der Waals surface area contributed by atoms with Crippen LogP contribution >= 0.6 is 0 Å². The molecule has 1 fully saturated rings. The van der Waals surface area contributed by atoms with Crippen LogP contribution in [0.15, 0.2) is 24.3 Å². The number of carboxylic acid groups (broad SMARTS) is 1. The summed E-state index contributed by atoms with van der Waals surface area (Å²) in [5.74, 6) is -2.71. The molecule has 0 saturated carbocycles. The van der Waals surface area contributed by atoms with Crippen LogP contribution in [0.3, 0.4) is 0 Å². The van der Waals surface area contributed by atoms with Crippen LogP contribution in [0.2, 0.25) is 0 Å². The van der Waals surface area contributed by atoms with Crippen molar-refractivity contribution in [3.05, 3.63) is 35.6 Å². The molecule has 1 aromatic carbocycles. The Labute approximate surface area is 146 Å². The summed E-state index contributed by atoms with van der Waals surface area (Å²) in [7, 11) is 1.59. The summed E-state index contributed by atoms with van der Waals surface area (Å²) >= 11 is 0. The second-order valence-corrected chi connectivity index (χ2v) is 6.56. The molecule has 6 nitrogen and oxygen atoms in total. The fourth-order valence-electron chi connectivity index (χ4n) is 3.03. The summed E-state index contributed by atoms with van der Waals surface area (Å²) in [6.07, 6.45) is 1.36. The Morgan fingerprint density at radius 3 is 2.56 bits per heavy atom. The molecule has 0 aliphatic carbocycles. The van der Waals surface area contributed by atoms with Crippen molar-refractivity contribution in [3.63, 3.8) is 0 Å². The van der Waals surface area contributed by atoms with Crippen molar-refractivity contribution in [2.45, 2.75) is 19.8 Å². The van der Waals surface area contributed by atoms with Gasteiger partial charge in [-0.25, -0.2) is 4.39 Å². The largest absolute Gasteiger partial charge is 0.481 e. The Hall–Kier alpha value is -2.44. The molecule has 2 amide bonds. The van der Waals surface area contributed by atoms with Gasteiger partial charge in [-0.15, -0.1) is 0 Å². The van der Waals surface area contributed by atoms with Crippen molar-refractivity contribution in [2.75, 3.05) is 26.7 Å². The number of carbonyl (C=O) groups is 3. The van der Waals surface area contributed by atoms with Gasteiger partial charge in [-0.1, -0.05) is 6.92 Å². The molecule has 2 atom stereocenters. The number of hydrogen-bond donors (Lipinski definition) is 1. The van der Waals surface area contributed by atoms with Crippen LogP contribution in [-0.2, 0) is 9.59 Å². The SMILES string of the molecule is CC(CN(C)C(=O)C1CCCN(C(=O)c2ccc(F)cc2)C1)C(=O)O. The minimum Gasteiger partial charge on any atom is -0.481 e. The lowest BCUT2D eigenvalue weighted by Gasteiger charge is -2.34. The maximum Gasteiger partial charge on any atom is 0.308 e. The van der Waals surface area contributed by atoms with Crippen LogP contribution < -0.4 is 0 Å². The van der Waals surface area contributed by atoms with E-state index < -0.39 is 17.7 Å². The van der Waals surface area contributed by atoms with Crippen molar-refractivity contribution < 1.29 is 23.9 Å². The van der Waals surface area contributed by atoms with Crippen molar-refractivity contribution in [2.24, 2.45) is 11.8 Å². The van der Waals surface area contributed by atoms with Gasteiger partial charge >= 0.3 is 5.97 Å². The lowest BCUT2D eigenvalue weighted by Crippen LogP contribution is -2.47. The fraction of sp³-hybridized carbons (Fsp3) is 0.500. The van der Waals surface area contributed by atoms with Crippen LogP contribution in [0.5, 0.6) is 0 Å². The minimum absolute atomic E-state index is 0.135. The van der Waals surface area contributed by atoms with Crippen molar-refractivity contribution >= 4 is 17.8 Å². The van der Waals surface area contributed by atoms with Crippen molar-refractivity contribution in [3.8, 4) is 0 Å². The zero-order valence-corrected chi connectivity index (χ0v) is 14.4. The number of aliphatic carboxylic acids is 1. The third kappa shape index (κ3) is 4.78. The molecule has 0 radical (unpaired) electrons. The summed E-state index contributed by atoms with van der Waals surface area (Å²) in [5, 5.41) is 8.97. The first kappa shape index (κ1) is 18.9. The van der Waals surface area contributed by atoms with Gasteiger partial charge in [0.1, 0.15) is 5.82 Å². The normalized spacial score (nSPS) is 18.5. The second kappa shape index (κ2) is 8.09. The van der Waals surface area contributed by atoms with Crippen molar-refractivity contribution in [1.82, 2.24) is 9.80 Å². The Morgan fingerprint density at radius 1 is 1.32 bits per heavy atom. The molecular formula is C18H23FN2O4. The standard InChI is InChI=1S/C18H23FN2O4/c1-12(18(24)25)10-20(2)16(22)14-4-3-9-21(11-14)17(23)13-5-7-15(19)8-6-13/h5-8,12,14H,3-4,9-11H2,1-2H3,(H,24,25). The number of nitrogens with zero attached hydrogens (tertiary/aromatic N) is 2. The van der Waals surface area contributed by atoms with Crippen molar-refractivity contribution in [1.29, 1.82) is 0 Å². The molecule has 1 aromatic rings. The van der Waals surface area contributed by atoms with Gasteiger partial charge in [0, 0.05) is 32.2 Å². The quantitative estimate of drug-likeness (QED) is 0.879. The Morgan fingerprint density at radius 2 is 1.96 bits per heavy atom. The smallest absolute Gasteiger partial charge is 0.308 e.